The Hall–Kier alpha value is -3.35. The predicted molar refractivity (Wildman–Crippen MR) is 105 cm³/mol. The highest BCUT2D eigenvalue weighted by molar-refractivity contribution is 5.92. The smallest absolute Gasteiger partial charge is 0.269 e. The molecule has 1 N–H and O–H groups in total. The Morgan fingerprint density at radius 1 is 1.36 bits per heavy atom. The van der Waals surface area contributed by atoms with Crippen molar-refractivity contribution in [3.8, 4) is 11.5 Å². The minimum Gasteiger partial charge on any atom is -0.493 e. The van der Waals surface area contributed by atoms with E-state index in [1.165, 1.54) is 18.2 Å². The fourth-order valence-corrected chi connectivity index (χ4v) is 3.01. The molecule has 7 heteroatoms. The van der Waals surface area contributed by atoms with E-state index in [2.05, 4.69) is 5.32 Å². The summed E-state index contributed by atoms with van der Waals surface area (Å²) < 4.78 is 11.5. The number of fused-ring (bicyclic) bond motifs is 1. The number of nitro groups is 1. The maximum absolute atomic E-state index is 12.1. The van der Waals surface area contributed by atoms with E-state index in [9.17, 15) is 14.9 Å². The Morgan fingerprint density at radius 2 is 2.11 bits per heavy atom. The van der Waals surface area contributed by atoms with E-state index in [4.69, 9.17) is 9.47 Å². The van der Waals surface area contributed by atoms with Crippen molar-refractivity contribution in [1.29, 1.82) is 0 Å². The fourth-order valence-electron chi connectivity index (χ4n) is 3.01. The standard InChI is InChI=1S/C21H22N2O5/c1-3-27-19-12-17-10-14(2)28-20(17)11-16(19)6-9-21(24)22-13-15-4-7-18(8-5-15)23(25)26/h4-9,11-12,14H,3,10,13H2,1-2H3,(H,22,24). The fraction of sp³-hybridized carbons (Fsp3) is 0.286. The van der Waals surface area contributed by atoms with Crippen LogP contribution in [0.25, 0.3) is 6.08 Å². The average Bonchev–Trinajstić information content (AvgIpc) is 3.03. The lowest BCUT2D eigenvalue weighted by Gasteiger charge is -2.10. The van der Waals surface area contributed by atoms with Gasteiger partial charge in [-0.2, -0.15) is 0 Å². The van der Waals surface area contributed by atoms with E-state index in [1.54, 1.807) is 18.2 Å². The molecule has 3 rings (SSSR count). The summed E-state index contributed by atoms with van der Waals surface area (Å²) in [5.74, 6) is 1.27. The van der Waals surface area contributed by atoms with Crippen molar-refractivity contribution in [1.82, 2.24) is 5.32 Å². The van der Waals surface area contributed by atoms with E-state index in [0.29, 0.717) is 6.61 Å². The third-order valence-electron chi connectivity index (χ3n) is 4.36. The molecular formula is C21H22N2O5. The van der Waals surface area contributed by atoms with Crippen LogP contribution in [-0.2, 0) is 17.8 Å². The number of nitrogens with one attached hydrogen (secondary N) is 1. The van der Waals surface area contributed by atoms with Crippen LogP contribution in [0.5, 0.6) is 11.5 Å². The van der Waals surface area contributed by atoms with Gasteiger partial charge in [-0.05, 0) is 37.6 Å². The minimum absolute atomic E-state index is 0.0200. The van der Waals surface area contributed by atoms with Gasteiger partial charge in [-0.1, -0.05) is 12.1 Å². The molecule has 1 aliphatic rings. The molecule has 1 aliphatic heterocycles. The molecule has 0 radical (unpaired) electrons. The van der Waals surface area contributed by atoms with Crippen molar-refractivity contribution >= 4 is 17.7 Å². The third kappa shape index (κ3) is 4.68. The summed E-state index contributed by atoms with van der Waals surface area (Å²) in [5.41, 5.74) is 2.68. The number of nitro benzene ring substituents is 1. The summed E-state index contributed by atoms with van der Waals surface area (Å²) in [6.45, 7) is 4.74. The second kappa shape index (κ2) is 8.56. The summed E-state index contributed by atoms with van der Waals surface area (Å²) in [5, 5.41) is 13.4. The van der Waals surface area contributed by atoms with Crippen LogP contribution in [-0.4, -0.2) is 23.5 Å². The molecule has 146 valence electrons. The Balaban J connectivity index is 1.65. The molecule has 0 fully saturated rings. The van der Waals surface area contributed by atoms with Crippen molar-refractivity contribution < 1.29 is 19.2 Å². The van der Waals surface area contributed by atoms with Crippen LogP contribution in [0.1, 0.15) is 30.5 Å². The molecule has 7 nitrogen and oxygen atoms in total. The van der Waals surface area contributed by atoms with Gasteiger partial charge in [-0.3, -0.25) is 14.9 Å². The normalized spacial score (nSPS) is 15.1. The zero-order valence-corrected chi connectivity index (χ0v) is 15.8. The largest absolute Gasteiger partial charge is 0.493 e. The first kappa shape index (κ1) is 19.4. The number of benzene rings is 2. The van der Waals surface area contributed by atoms with E-state index in [0.717, 1.165) is 34.6 Å². The van der Waals surface area contributed by atoms with Gasteiger partial charge < -0.3 is 14.8 Å². The molecule has 0 bridgehead atoms. The molecule has 1 heterocycles. The molecule has 28 heavy (non-hydrogen) atoms. The summed E-state index contributed by atoms with van der Waals surface area (Å²) >= 11 is 0. The summed E-state index contributed by atoms with van der Waals surface area (Å²) in [7, 11) is 0. The lowest BCUT2D eigenvalue weighted by atomic mass is 10.1. The predicted octanol–water partition coefficient (Wildman–Crippen LogP) is 3.65. The highest BCUT2D eigenvalue weighted by atomic mass is 16.6. The summed E-state index contributed by atoms with van der Waals surface area (Å²) in [6, 6.07) is 9.93. The number of carbonyl (C=O) groups excluding carboxylic acids is 1. The van der Waals surface area contributed by atoms with Gasteiger partial charge in [0.05, 0.1) is 11.5 Å². The zero-order valence-electron chi connectivity index (χ0n) is 15.8. The molecule has 0 aliphatic carbocycles. The van der Waals surface area contributed by atoms with Crippen LogP contribution in [0.2, 0.25) is 0 Å². The Bertz CT molecular complexity index is 906. The Labute approximate surface area is 163 Å². The van der Waals surface area contributed by atoms with Gasteiger partial charge in [-0.15, -0.1) is 0 Å². The number of amides is 1. The molecule has 2 aromatic carbocycles. The first-order valence-electron chi connectivity index (χ1n) is 9.12. The molecule has 1 atom stereocenters. The quantitative estimate of drug-likeness (QED) is 0.448. The summed E-state index contributed by atoms with van der Waals surface area (Å²) in [6.07, 6.45) is 4.11. The van der Waals surface area contributed by atoms with Crippen molar-refractivity contribution in [2.75, 3.05) is 6.61 Å². The van der Waals surface area contributed by atoms with E-state index in [1.807, 2.05) is 26.0 Å². The van der Waals surface area contributed by atoms with Crippen LogP contribution >= 0.6 is 0 Å². The lowest BCUT2D eigenvalue weighted by Crippen LogP contribution is -2.20. The number of nitrogens with zero attached hydrogens (tertiary/aromatic N) is 1. The second-order valence-corrected chi connectivity index (χ2v) is 6.54. The number of hydrogen-bond acceptors (Lipinski definition) is 5. The van der Waals surface area contributed by atoms with Crippen molar-refractivity contribution in [3.05, 3.63) is 69.3 Å². The van der Waals surface area contributed by atoms with E-state index in [-0.39, 0.29) is 24.2 Å². The van der Waals surface area contributed by atoms with Gasteiger partial charge in [0.25, 0.3) is 5.69 Å². The maximum atomic E-state index is 12.1. The van der Waals surface area contributed by atoms with Gasteiger partial charge in [0.2, 0.25) is 5.91 Å². The first-order chi connectivity index (χ1) is 13.5. The van der Waals surface area contributed by atoms with Crippen LogP contribution < -0.4 is 14.8 Å². The van der Waals surface area contributed by atoms with Gasteiger partial charge >= 0.3 is 0 Å². The number of ether oxygens (including phenoxy) is 2. The van der Waals surface area contributed by atoms with Crippen LogP contribution in [0.4, 0.5) is 5.69 Å². The van der Waals surface area contributed by atoms with Crippen molar-refractivity contribution in [2.24, 2.45) is 0 Å². The topological polar surface area (TPSA) is 90.7 Å². The molecule has 0 aromatic heterocycles. The van der Waals surface area contributed by atoms with Gasteiger partial charge in [0.1, 0.15) is 17.6 Å². The highest BCUT2D eigenvalue weighted by Gasteiger charge is 2.21. The molecular weight excluding hydrogens is 360 g/mol. The molecule has 2 aromatic rings. The van der Waals surface area contributed by atoms with Crippen LogP contribution in [0.3, 0.4) is 0 Å². The first-order valence-corrected chi connectivity index (χ1v) is 9.12. The average molecular weight is 382 g/mol. The Morgan fingerprint density at radius 3 is 2.79 bits per heavy atom. The van der Waals surface area contributed by atoms with E-state index >= 15 is 0 Å². The number of hydrogen-bond donors (Lipinski definition) is 1. The molecule has 0 saturated heterocycles. The molecule has 1 unspecified atom stereocenters. The number of rotatable bonds is 7. The van der Waals surface area contributed by atoms with Gasteiger partial charge in [-0.25, -0.2) is 0 Å². The SMILES string of the molecule is CCOc1cc2c(cc1C=CC(=O)NCc1ccc([N+](=O)[O-])cc1)OC(C)C2. The lowest BCUT2D eigenvalue weighted by molar-refractivity contribution is -0.384. The van der Waals surface area contributed by atoms with E-state index < -0.39 is 4.92 Å². The molecule has 1 amide bonds. The van der Waals surface area contributed by atoms with Crippen molar-refractivity contribution in [3.63, 3.8) is 0 Å². The Kier molecular flexibility index (Phi) is 5.93. The van der Waals surface area contributed by atoms with Crippen LogP contribution in [0.15, 0.2) is 42.5 Å². The highest BCUT2D eigenvalue weighted by Crippen LogP contribution is 2.35. The second-order valence-electron chi connectivity index (χ2n) is 6.54. The van der Waals surface area contributed by atoms with Gasteiger partial charge in [0.15, 0.2) is 0 Å². The summed E-state index contributed by atoms with van der Waals surface area (Å²) in [4.78, 5) is 22.4. The number of non-ortho nitro benzene ring substituents is 1. The van der Waals surface area contributed by atoms with Gasteiger partial charge in [0, 0.05) is 42.3 Å². The molecule has 0 spiro atoms. The monoisotopic (exact) mass is 382 g/mol. The third-order valence-corrected chi connectivity index (χ3v) is 4.36. The number of carbonyl (C=O) groups is 1. The molecule has 0 saturated carbocycles. The zero-order chi connectivity index (χ0) is 20.1. The minimum atomic E-state index is -0.456. The maximum Gasteiger partial charge on any atom is 0.269 e. The van der Waals surface area contributed by atoms with Crippen LogP contribution in [0, 0.1) is 10.1 Å². The van der Waals surface area contributed by atoms with Crippen molar-refractivity contribution in [2.45, 2.75) is 32.9 Å².